The van der Waals surface area contributed by atoms with Crippen LogP contribution < -0.4 is 15.0 Å². The minimum absolute atomic E-state index is 0.0992. The number of nitrogens with zero attached hydrogens (tertiary/aromatic N) is 4. The van der Waals surface area contributed by atoms with Crippen molar-refractivity contribution in [2.24, 2.45) is 5.92 Å². The van der Waals surface area contributed by atoms with Gasteiger partial charge in [-0.25, -0.2) is 9.97 Å². The number of methoxy groups -OCH3 is 1. The molecular weight excluding hydrogens is 362 g/mol. The monoisotopic (exact) mass is 385 g/mol. The maximum Gasteiger partial charge on any atom is 0.271 e. The predicted molar refractivity (Wildman–Crippen MR) is 105 cm³/mol. The minimum Gasteiger partial charge on any atom is -0.495 e. The SMILES string of the molecule is COc1ccc([N+](=O)[O-])cc1NC(=O)C1CCN(c2nc(C)cc(C)n2)CC1. The van der Waals surface area contributed by atoms with E-state index in [0.717, 1.165) is 11.4 Å². The van der Waals surface area contributed by atoms with E-state index < -0.39 is 4.92 Å². The Balaban J connectivity index is 1.66. The van der Waals surface area contributed by atoms with E-state index in [2.05, 4.69) is 20.2 Å². The molecule has 0 atom stereocenters. The Morgan fingerprint density at radius 1 is 1.21 bits per heavy atom. The summed E-state index contributed by atoms with van der Waals surface area (Å²) in [6, 6.07) is 6.07. The fraction of sp³-hybridized carbons (Fsp3) is 0.421. The van der Waals surface area contributed by atoms with E-state index in [1.165, 1.54) is 25.3 Å². The summed E-state index contributed by atoms with van der Waals surface area (Å²) >= 11 is 0. The number of amides is 1. The molecule has 1 N–H and O–H groups in total. The molecule has 28 heavy (non-hydrogen) atoms. The van der Waals surface area contributed by atoms with Gasteiger partial charge in [0.05, 0.1) is 17.7 Å². The van der Waals surface area contributed by atoms with E-state index in [9.17, 15) is 14.9 Å². The first-order chi connectivity index (χ1) is 13.4. The number of nitro groups is 1. The average molecular weight is 385 g/mol. The zero-order chi connectivity index (χ0) is 20.3. The van der Waals surface area contributed by atoms with Crippen LogP contribution in [0.2, 0.25) is 0 Å². The Hall–Kier alpha value is -3.23. The van der Waals surface area contributed by atoms with Gasteiger partial charge in [0.2, 0.25) is 11.9 Å². The smallest absolute Gasteiger partial charge is 0.271 e. The highest BCUT2D eigenvalue weighted by Gasteiger charge is 2.27. The van der Waals surface area contributed by atoms with Crippen LogP contribution >= 0.6 is 0 Å². The van der Waals surface area contributed by atoms with Crippen molar-refractivity contribution in [3.05, 3.63) is 45.8 Å². The number of anilines is 2. The van der Waals surface area contributed by atoms with Gasteiger partial charge >= 0.3 is 0 Å². The molecule has 2 heterocycles. The average Bonchev–Trinajstić information content (AvgIpc) is 2.67. The summed E-state index contributed by atoms with van der Waals surface area (Å²) in [5, 5.41) is 13.8. The van der Waals surface area contributed by atoms with Crippen LogP contribution in [0.5, 0.6) is 5.75 Å². The number of carbonyl (C=O) groups excluding carboxylic acids is 1. The van der Waals surface area contributed by atoms with Crippen molar-refractivity contribution < 1.29 is 14.5 Å². The van der Waals surface area contributed by atoms with Gasteiger partial charge in [-0.15, -0.1) is 0 Å². The third-order valence-corrected chi connectivity index (χ3v) is 4.77. The van der Waals surface area contributed by atoms with Crippen molar-refractivity contribution in [3.63, 3.8) is 0 Å². The van der Waals surface area contributed by atoms with Gasteiger partial charge in [-0.3, -0.25) is 14.9 Å². The summed E-state index contributed by atoms with van der Waals surface area (Å²) in [6.07, 6.45) is 1.30. The van der Waals surface area contributed by atoms with Crippen LogP contribution in [0, 0.1) is 29.9 Å². The van der Waals surface area contributed by atoms with Crippen molar-refractivity contribution in [2.75, 3.05) is 30.4 Å². The highest BCUT2D eigenvalue weighted by molar-refractivity contribution is 5.94. The van der Waals surface area contributed by atoms with E-state index in [0.29, 0.717) is 43.3 Å². The molecule has 9 heteroatoms. The zero-order valence-corrected chi connectivity index (χ0v) is 16.1. The Labute approximate surface area is 162 Å². The van der Waals surface area contributed by atoms with E-state index >= 15 is 0 Å². The molecule has 0 spiro atoms. The highest BCUT2D eigenvalue weighted by Crippen LogP contribution is 2.30. The van der Waals surface area contributed by atoms with Crippen molar-refractivity contribution in [2.45, 2.75) is 26.7 Å². The highest BCUT2D eigenvalue weighted by atomic mass is 16.6. The predicted octanol–water partition coefficient (Wildman–Crippen LogP) is 2.87. The molecule has 1 aliphatic rings. The number of ether oxygens (including phenoxy) is 1. The quantitative estimate of drug-likeness (QED) is 0.622. The second kappa shape index (κ2) is 8.20. The summed E-state index contributed by atoms with van der Waals surface area (Å²) in [5.41, 5.74) is 2.04. The number of carbonyl (C=O) groups is 1. The number of piperidine rings is 1. The van der Waals surface area contributed by atoms with Crippen molar-refractivity contribution in [1.82, 2.24) is 9.97 Å². The van der Waals surface area contributed by atoms with Gasteiger partial charge in [0.25, 0.3) is 5.69 Å². The normalized spacial score (nSPS) is 14.6. The maximum absolute atomic E-state index is 12.7. The van der Waals surface area contributed by atoms with Gasteiger partial charge < -0.3 is 15.0 Å². The summed E-state index contributed by atoms with van der Waals surface area (Å²) in [7, 11) is 1.46. The molecule has 1 fully saturated rings. The Bertz CT molecular complexity index is 874. The molecule has 1 aromatic carbocycles. The Morgan fingerprint density at radius 3 is 2.43 bits per heavy atom. The molecule has 1 aromatic heterocycles. The summed E-state index contributed by atoms with van der Waals surface area (Å²) < 4.78 is 5.20. The third-order valence-electron chi connectivity index (χ3n) is 4.77. The van der Waals surface area contributed by atoms with Crippen LogP contribution in [0.3, 0.4) is 0 Å². The van der Waals surface area contributed by atoms with E-state index in [-0.39, 0.29) is 17.5 Å². The van der Waals surface area contributed by atoms with Crippen molar-refractivity contribution >= 4 is 23.2 Å². The first-order valence-electron chi connectivity index (χ1n) is 9.08. The van der Waals surface area contributed by atoms with Gasteiger partial charge in [0.1, 0.15) is 5.75 Å². The number of aromatic nitrogens is 2. The lowest BCUT2D eigenvalue weighted by Crippen LogP contribution is -2.39. The van der Waals surface area contributed by atoms with Gasteiger partial charge in [0, 0.05) is 42.5 Å². The van der Waals surface area contributed by atoms with E-state index in [1.54, 1.807) is 0 Å². The van der Waals surface area contributed by atoms with Crippen LogP contribution in [0.25, 0.3) is 0 Å². The van der Waals surface area contributed by atoms with Crippen LogP contribution in [0.4, 0.5) is 17.3 Å². The van der Waals surface area contributed by atoms with Gasteiger partial charge in [-0.05, 0) is 38.8 Å². The lowest BCUT2D eigenvalue weighted by molar-refractivity contribution is -0.384. The third kappa shape index (κ3) is 4.36. The number of rotatable bonds is 5. The molecule has 9 nitrogen and oxygen atoms in total. The number of nitro benzene ring substituents is 1. The number of hydrogen-bond acceptors (Lipinski definition) is 7. The van der Waals surface area contributed by atoms with Gasteiger partial charge in [-0.1, -0.05) is 0 Å². The molecule has 0 radical (unpaired) electrons. The van der Waals surface area contributed by atoms with Crippen molar-refractivity contribution in [1.29, 1.82) is 0 Å². The molecule has 2 aromatic rings. The first kappa shape index (κ1) is 19.5. The minimum atomic E-state index is -0.503. The molecule has 3 rings (SSSR count). The molecule has 1 amide bonds. The number of non-ortho nitro benzene ring substituents is 1. The van der Waals surface area contributed by atoms with Gasteiger partial charge in [0.15, 0.2) is 0 Å². The molecule has 0 unspecified atom stereocenters. The topological polar surface area (TPSA) is 110 Å². The molecule has 0 saturated carbocycles. The fourth-order valence-electron chi connectivity index (χ4n) is 3.33. The lowest BCUT2D eigenvalue weighted by atomic mass is 9.96. The van der Waals surface area contributed by atoms with Crippen LogP contribution in [-0.4, -0.2) is 41.0 Å². The fourth-order valence-corrected chi connectivity index (χ4v) is 3.33. The Kier molecular flexibility index (Phi) is 5.72. The molecule has 1 saturated heterocycles. The molecule has 0 bridgehead atoms. The van der Waals surface area contributed by atoms with E-state index in [1.807, 2.05) is 19.9 Å². The van der Waals surface area contributed by atoms with Gasteiger partial charge in [-0.2, -0.15) is 0 Å². The van der Waals surface area contributed by atoms with Crippen molar-refractivity contribution in [3.8, 4) is 5.75 Å². The summed E-state index contributed by atoms with van der Waals surface area (Å²) in [5.74, 6) is 0.725. The zero-order valence-electron chi connectivity index (χ0n) is 16.1. The lowest BCUT2D eigenvalue weighted by Gasteiger charge is -2.31. The largest absolute Gasteiger partial charge is 0.495 e. The number of nitrogens with one attached hydrogen (secondary N) is 1. The maximum atomic E-state index is 12.7. The van der Waals surface area contributed by atoms with E-state index in [4.69, 9.17) is 4.74 Å². The van der Waals surface area contributed by atoms with Crippen LogP contribution in [-0.2, 0) is 4.79 Å². The summed E-state index contributed by atoms with van der Waals surface area (Å²) in [6.45, 7) is 5.22. The molecule has 0 aliphatic carbocycles. The van der Waals surface area contributed by atoms with Crippen LogP contribution in [0.15, 0.2) is 24.3 Å². The second-order valence-electron chi connectivity index (χ2n) is 6.84. The number of aryl methyl sites for hydroxylation is 2. The standard InChI is InChI=1S/C19H23N5O4/c1-12-10-13(2)21-19(20-12)23-8-6-14(7-9-23)18(25)22-16-11-15(24(26)27)4-5-17(16)28-3/h4-5,10-11,14H,6-9H2,1-3H3,(H,22,25). The first-order valence-corrected chi connectivity index (χ1v) is 9.08. The number of hydrogen-bond donors (Lipinski definition) is 1. The molecule has 148 valence electrons. The molecule has 1 aliphatic heterocycles. The summed E-state index contributed by atoms with van der Waals surface area (Å²) in [4.78, 5) is 34.2. The Morgan fingerprint density at radius 2 is 1.86 bits per heavy atom. The number of benzene rings is 1. The van der Waals surface area contributed by atoms with Crippen LogP contribution in [0.1, 0.15) is 24.2 Å². The second-order valence-corrected chi connectivity index (χ2v) is 6.84. The molecular formula is C19H23N5O4.